The quantitative estimate of drug-likeness (QED) is 0.252. The zero-order valence-corrected chi connectivity index (χ0v) is 19.0. The first kappa shape index (κ1) is 19.7. The molecule has 1 aliphatic heterocycles. The maximum Gasteiger partial charge on any atom is 0.0730 e. The number of pyridine rings is 2. The van der Waals surface area contributed by atoms with Gasteiger partial charge >= 0.3 is 0 Å². The van der Waals surface area contributed by atoms with E-state index in [0.29, 0.717) is 0 Å². The van der Waals surface area contributed by atoms with Gasteiger partial charge < -0.3 is 4.90 Å². The van der Waals surface area contributed by atoms with Gasteiger partial charge in [-0.15, -0.1) is 0 Å². The van der Waals surface area contributed by atoms with E-state index in [1.165, 1.54) is 5.56 Å². The number of para-hydroxylation sites is 4. The molecule has 35 heavy (non-hydrogen) atoms. The van der Waals surface area contributed by atoms with E-state index in [4.69, 9.17) is 9.97 Å². The lowest BCUT2D eigenvalue weighted by molar-refractivity contribution is 1.27. The SMILES string of the molecule is C1=CN(c2c3ccccc3nc3ccccc23)C=CC1=Cc1c2ccccc2nc2ccccc12. The van der Waals surface area contributed by atoms with Gasteiger partial charge in [0.2, 0.25) is 0 Å². The predicted octanol–water partition coefficient (Wildman–Crippen LogP) is 8.02. The van der Waals surface area contributed by atoms with Crippen LogP contribution in [-0.4, -0.2) is 9.97 Å². The molecule has 3 nitrogen and oxygen atoms in total. The van der Waals surface area contributed by atoms with Crippen molar-refractivity contribution in [3.8, 4) is 0 Å². The molecule has 0 amide bonds. The van der Waals surface area contributed by atoms with Crippen molar-refractivity contribution < 1.29 is 0 Å². The molecule has 0 saturated heterocycles. The number of hydrogen-bond acceptors (Lipinski definition) is 3. The van der Waals surface area contributed by atoms with Gasteiger partial charge in [-0.25, -0.2) is 9.97 Å². The van der Waals surface area contributed by atoms with E-state index in [1.54, 1.807) is 0 Å². The van der Waals surface area contributed by atoms with E-state index in [2.05, 4.69) is 108 Å². The second kappa shape index (κ2) is 7.93. The fourth-order valence-corrected chi connectivity index (χ4v) is 4.97. The van der Waals surface area contributed by atoms with Gasteiger partial charge in [-0.05, 0) is 53.6 Å². The molecule has 0 fully saturated rings. The number of nitrogens with zero attached hydrogens (tertiary/aromatic N) is 3. The summed E-state index contributed by atoms with van der Waals surface area (Å²) in [6.07, 6.45) is 10.9. The highest BCUT2D eigenvalue weighted by molar-refractivity contribution is 6.09. The number of aromatic nitrogens is 2. The molecule has 0 saturated carbocycles. The monoisotopic (exact) mass is 447 g/mol. The summed E-state index contributed by atoms with van der Waals surface area (Å²) in [6.45, 7) is 0. The summed E-state index contributed by atoms with van der Waals surface area (Å²) in [7, 11) is 0. The molecule has 0 unspecified atom stereocenters. The molecule has 4 aromatic carbocycles. The summed E-state index contributed by atoms with van der Waals surface area (Å²) < 4.78 is 0. The standard InChI is InChI=1S/C32H21N3/c1-5-13-28-23(9-1)27(24-10-2-6-14-29(24)33-28)21-22-17-19-35(20-18-22)32-25-11-3-7-15-30(25)34-31-16-8-4-12-26(31)32/h1-21H. The van der Waals surface area contributed by atoms with Crippen LogP contribution in [0.2, 0.25) is 0 Å². The van der Waals surface area contributed by atoms with Gasteiger partial charge in [0.05, 0.1) is 27.8 Å². The molecule has 0 radical (unpaired) electrons. The summed E-state index contributed by atoms with van der Waals surface area (Å²) in [4.78, 5) is 11.9. The Morgan fingerprint density at radius 1 is 0.486 bits per heavy atom. The second-order valence-corrected chi connectivity index (χ2v) is 8.74. The Morgan fingerprint density at radius 3 is 1.37 bits per heavy atom. The Labute approximate surface area is 203 Å². The van der Waals surface area contributed by atoms with Crippen molar-refractivity contribution in [2.45, 2.75) is 0 Å². The number of allylic oxidation sites excluding steroid dienone is 3. The third-order valence-corrected chi connectivity index (χ3v) is 6.61. The molecule has 0 bridgehead atoms. The summed E-state index contributed by atoms with van der Waals surface area (Å²) in [5, 5.41) is 4.60. The number of benzene rings is 4. The van der Waals surface area contributed by atoms with E-state index in [1.807, 2.05) is 24.3 Å². The van der Waals surface area contributed by atoms with E-state index in [9.17, 15) is 0 Å². The second-order valence-electron chi connectivity index (χ2n) is 8.74. The number of rotatable bonds is 2. The Bertz CT molecular complexity index is 1740. The van der Waals surface area contributed by atoms with Crippen LogP contribution < -0.4 is 4.90 Å². The average molecular weight is 448 g/mol. The van der Waals surface area contributed by atoms with Crippen molar-refractivity contribution in [2.24, 2.45) is 0 Å². The van der Waals surface area contributed by atoms with Crippen molar-refractivity contribution in [3.05, 3.63) is 133 Å². The van der Waals surface area contributed by atoms with Crippen LogP contribution >= 0.6 is 0 Å². The topological polar surface area (TPSA) is 29.0 Å². The van der Waals surface area contributed by atoms with Crippen LogP contribution in [0.15, 0.2) is 127 Å². The normalized spacial score (nSPS) is 13.4. The Hall–Kier alpha value is -4.76. The van der Waals surface area contributed by atoms with Crippen LogP contribution in [0.25, 0.3) is 49.7 Å². The van der Waals surface area contributed by atoms with Crippen molar-refractivity contribution in [3.63, 3.8) is 0 Å². The Kier molecular flexibility index (Phi) is 4.46. The average Bonchev–Trinajstić information content (AvgIpc) is 2.92. The van der Waals surface area contributed by atoms with E-state index < -0.39 is 0 Å². The Balaban J connectivity index is 1.36. The minimum atomic E-state index is 0.999. The highest BCUT2D eigenvalue weighted by atomic mass is 15.1. The lowest BCUT2D eigenvalue weighted by Crippen LogP contribution is -2.11. The first-order valence-corrected chi connectivity index (χ1v) is 11.8. The van der Waals surface area contributed by atoms with Gasteiger partial charge in [-0.3, -0.25) is 0 Å². The molecule has 0 spiro atoms. The summed E-state index contributed by atoms with van der Waals surface area (Å²) in [5.41, 5.74) is 7.52. The van der Waals surface area contributed by atoms with Gasteiger partial charge in [0.15, 0.2) is 0 Å². The highest BCUT2D eigenvalue weighted by Crippen LogP contribution is 2.36. The summed E-state index contributed by atoms with van der Waals surface area (Å²) >= 11 is 0. The largest absolute Gasteiger partial charge is 0.323 e. The molecular weight excluding hydrogens is 426 g/mol. The number of hydrogen-bond donors (Lipinski definition) is 0. The van der Waals surface area contributed by atoms with Gasteiger partial charge in [0.1, 0.15) is 0 Å². The predicted molar refractivity (Wildman–Crippen MR) is 147 cm³/mol. The molecule has 164 valence electrons. The molecular formula is C32H21N3. The Morgan fingerprint density at radius 2 is 0.886 bits per heavy atom. The van der Waals surface area contributed by atoms with Crippen molar-refractivity contribution in [1.82, 2.24) is 9.97 Å². The third kappa shape index (κ3) is 3.29. The molecule has 2 aromatic heterocycles. The fraction of sp³-hybridized carbons (Fsp3) is 0. The number of fused-ring (bicyclic) bond motifs is 4. The summed E-state index contributed by atoms with van der Waals surface area (Å²) in [5.74, 6) is 0. The summed E-state index contributed by atoms with van der Waals surface area (Å²) in [6, 6.07) is 33.4. The van der Waals surface area contributed by atoms with Gasteiger partial charge in [-0.1, -0.05) is 72.8 Å². The highest BCUT2D eigenvalue weighted by Gasteiger charge is 2.14. The van der Waals surface area contributed by atoms with Crippen molar-refractivity contribution >= 4 is 55.4 Å². The van der Waals surface area contributed by atoms with Gasteiger partial charge in [0, 0.05) is 33.9 Å². The fourth-order valence-electron chi connectivity index (χ4n) is 4.97. The maximum atomic E-state index is 4.87. The van der Waals surface area contributed by atoms with Crippen LogP contribution in [0.1, 0.15) is 5.56 Å². The number of anilines is 1. The first-order chi connectivity index (χ1) is 17.3. The molecule has 1 aliphatic rings. The zero-order chi connectivity index (χ0) is 23.2. The zero-order valence-electron chi connectivity index (χ0n) is 19.0. The van der Waals surface area contributed by atoms with E-state index >= 15 is 0 Å². The van der Waals surface area contributed by atoms with Crippen molar-refractivity contribution in [2.75, 3.05) is 4.90 Å². The van der Waals surface area contributed by atoms with Gasteiger partial charge in [-0.2, -0.15) is 0 Å². The van der Waals surface area contributed by atoms with Crippen LogP contribution in [-0.2, 0) is 0 Å². The minimum absolute atomic E-state index is 0.999. The molecule has 0 aliphatic carbocycles. The minimum Gasteiger partial charge on any atom is -0.323 e. The lowest BCUT2D eigenvalue weighted by atomic mass is 9.99. The van der Waals surface area contributed by atoms with Crippen LogP contribution in [0.3, 0.4) is 0 Å². The van der Waals surface area contributed by atoms with Crippen LogP contribution in [0.4, 0.5) is 5.69 Å². The van der Waals surface area contributed by atoms with Crippen molar-refractivity contribution in [1.29, 1.82) is 0 Å². The van der Waals surface area contributed by atoms with E-state index in [0.717, 1.165) is 54.9 Å². The third-order valence-electron chi connectivity index (χ3n) is 6.61. The lowest BCUT2D eigenvalue weighted by Gasteiger charge is -2.23. The van der Waals surface area contributed by atoms with Gasteiger partial charge in [0.25, 0.3) is 0 Å². The van der Waals surface area contributed by atoms with E-state index in [-0.39, 0.29) is 0 Å². The molecule has 3 heterocycles. The molecule has 0 atom stereocenters. The maximum absolute atomic E-state index is 4.87. The molecule has 3 heteroatoms. The first-order valence-electron chi connectivity index (χ1n) is 11.8. The smallest absolute Gasteiger partial charge is 0.0730 e. The molecule has 7 rings (SSSR count). The van der Waals surface area contributed by atoms with Crippen LogP contribution in [0, 0.1) is 0 Å². The van der Waals surface area contributed by atoms with Crippen LogP contribution in [0.5, 0.6) is 0 Å². The molecule has 6 aromatic rings. The molecule has 0 N–H and O–H groups in total.